The van der Waals surface area contributed by atoms with E-state index in [0.717, 1.165) is 9.21 Å². The number of hydrazine groups is 1. The van der Waals surface area contributed by atoms with E-state index in [4.69, 9.17) is 16.3 Å². The summed E-state index contributed by atoms with van der Waals surface area (Å²) in [5.41, 5.74) is 4.86. The normalized spacial score (nSPS) is 13.2. The van der Waals surface area contributed by atoms with Crippen LogP contribution in [-0.4, -0.2) is 11.7 Å². The molecule has 0 spiro atoms. The maximum atomic E-state index is 11.4. The minimum absolute atomic E-state index is 0.0139. The average molecular weight is 277 g/mol. The Morgan fingerprint density at radius 1 is 1.47 bits per heavy atom. The van der Waals surface area contributed by atoms with Crippen molar-refractivity contribution in [2.24, 2.45) is 0 Å². The number of halogens is 1. The van der Waals surface area contributed by atoms with Gasteiger partial charge in [0.05, 0.1) is 10.4 Å². The highest BCUT2D eigenvalue weighted by molar-refractivity contribution is 7.16. The zero-order chi connectivity index (χ0) is 13.1. The first kappa shape index (κ1) is 14.3. The summed E-state index contributed by atoms with van der Waals surface area (Å²) in [7, 11) is 0. The van der Waals surface area contributed by atoms with Crippen LogP contribution in [0.25, 0.3) is 0 Å². The van der Waals surface area contributed by atoms with Crippen molar-refractivity contribution >= 4 is 29.0 Å². The van der Waals surface area contributed by atoms with Crippen LogP contribution in [0.15, 0.2) is 12.1 Å². The predicted octanol–water partition coefficient (Wildman–Crippen LogP) is 3.49. The molecule has 0 saturated heterocycles. The first-order chi connectivity index (χ1) is 7.78. The topological polar surface area (TPSA) is 50.4 Å². The van der Waals surface area contributed by atoms with Gasteiger partial charge in [0.25, 0.3) is 0 Å². The lowest BCUT2D eigenvalue weighted by Gasteiger charge is -2.21. The van der Waals surface area contributed by atoms with E-state index in [9.17, 15) is 4.79 Å². The molecule has 1 aromatic rings. The largest absolute Gasteiger partial charge is 0.443 e. The number of hydrogen-bond donors (Lipinski definition) is 2. The highest BCUT2D eigenvalue weighted by Crippen LogP contribution is 2.26. The van der Waals surface area contributed by atoms with Crippen LogP contribution in [0.1, 0.15) is 38.6 Å². The lowest BCUT2D eigenvalue weighted by atomic mass is 10.2. The molecule has 0 aliphatic rings. The number of rotatable bonds is 3. The summed E-state index contributed by atoms with van der Waals surface area (Å²) in [5, 5.41) is 0. The molecule has 96 valence electrons. The molecule has 0 radical (unpaired) electrons. The van der Waals surface area contributed by atoms with Gasteiger partial charge in [-0.15, -0.1) is 11.3 Å². The van der Waals surface area contributed by atoms with Crippen molar-refractivity contribution in [3.05, 3.63) is 21.3 Å². The Morgan fingerprint density at radius 2 is 2.12 bits per heavy atom. The van der Waals surface area contributed by atoms with Gasteiger partial charge in [-0.25, -0.2) is 10.2 Å². The van der Waals surface area contributed by atoms with Crippen LogP contribution in [-0.2, 0) is 4.74 Å². The maximum absolute atomic E-state index is 11.4. The number of amides is 1. The zero-order valence-electron chi connectivity index (χ0n) is 10.3. The zero-order valence-corrected chi connectivity index (χ0v) is 11.9. The average Bonchev–Trinajstić information content (AvgIpc) is 2.58. The SMILES string of the molecule is CC(NNC(=O)OC(C)(C)C)c1ccc(Cl)s1. The van der Waals surface area contributed by atoms with Gasteiger partial charge in [-0.05, 0) is 39.8 Å². The Labute approximate surface area is 110 Å². The van der Waals surface area contributed by atoms with Gasteiger partial charge in [0.2, 0.25) is 0 Å². The van der Waals surface area contributed by atoms with Crippen LogP contribution < -0.4 is 10.9 Å². The third-order valence-corrected chi connectivity index (χ3v) is 3.22. The fraction of sp³-hybridized carbons (Fsp3) is 0.545. The summed E-state index contributed by atoms with van der Waals surface area (Å²) in [5.74, 6) is 0. The quantitative estimate of drug-likeness (QED) is 0.831. The highest BCUT2D eigenvalue weighted by atomic mass is 35.5. The molecule has 0 aliphatic carbocycles. The van der Waals surface area contributed by atoms with Gasteiger partial charge in [0, 0.05) is 4.88 Å². The molecule has 1 unspecified atom stereocenters. The van der Waals surface area contributed by atoms with Gasteiger partial charge >= 0.3 is 6.09 Å². The molecule has 0 aromatic carbocycles. The maximum Gasteiger partial charge on any atom is 0.422 e. The third kappa shape index (κ3) is 5.39. The van der Waals surface area contributed by atoms with Crippen molar-refractivity contribution in [1.29, 1.82) is 0 Å². The monoisotopic (exact) mass is 276 g/mol. The molecule has 17 heavy (non-hydrogen) atoms. The molecule has 1 atom stereocenters. The second-order valence-corrected chi connectivity index (χ2v) is 6.38. The first-order valence-electron chi connectivity index (χ1n) is 5.27. The second kappa shape index (κ2) is 5.71. The second-order valence-electron chi connectivity index (χ2n) is 4.63. The molecule has 2 N–H and O–H groups in total. The van der Waals surface area contributed by atoms with Gasteiger partial charge in [-0.1, -0.05) is 11.6 Å². The van der Waals surface area contributed by atoms with Crippen molar-refractivity contribution in [3.8, 4) is 0 Å². The van der Waals surface area contributed by atoms with E-state index in [0.29, 0.717) is 0 Å². The van der Waals surface area contributed by atoms with Gasteiger partial charge < -0.3 is 4.74 Å². The molecular formula is C11H17ClN2O2S. The molecule has 6 heteroatoms. The van der Waals surface area contributed by atoms with Gasteiger partial charge in [-0.2, -0.15) is 0 Å². The van der Waals surface area contributed by atoms with E-state index in [1.54, 1.807) is 0 Å². The molecule has 0 fully saturated rings. The highest BCUT2D eigenvalue weighted by Gasteiger charge is 2.16. The summed E-state index contributed by atoms with van der Waals surface area (Å²) in [6, 6.07) is 3.73. The van der Waals surface area contributed by atoms with Crippen molar-refractivity contribution in [1.82, 2.24) is 10.9 Å². The van der Waals surface area contributed by atoms with Crippen molar-refractivity contribution < 1.29 is 9.53 Å². The number of ether oxygens (including phenoxy) is 1. The number of carbonyl (C=O) groups is 1. The van der Waals surface area contributed by atoms with Gasteiger partial charge in [0.1, 0.15) is 5.60 Å². The van der Waals surface area contributed by atoms with E-state index in [-0.39, 0.29) is 6.04 Å². The Balaban J connectivity index is 2.38. The molecule has 1 rings (SSSR count). The first-order valence-corrected chi connectivity index (χ1v) is 6.47. The summed E-state index contributed by atoms with van der Waals surface area (Å²) in [6.07, 6.45) is -0.494. The summed E-state index contributed by atoms with van der Waals surface area (Å²) >= 11 is 7.30. The van der Waals surface area contributed by atoms with Crippen LogP contribution in [0, 0.1) is 0 Å². The molecular weight excluding hydrogens is 260 g/mol. The smallest absolute Gasteiger partial charge is 0.422 e. The van der Waals surface area contributed by atoms with E-state index >= 15 is 0 Å². The third-order valence-electron chi connectivity index (χ3n) is 1.81. The molecule has 0 bridgehead atoms. The van der Waals surface area contributed by atoms with Crippen molar-refractivity contribution in [3.63, 3.8) is 0 Å². The molecule has 1 amide bonds. The van der Waals surface area contributed by atoms with E-state index in [1.165, 1.54) is 11.3 Å². The number of carbonyl (C=O) groups excluding carboxylic acids is 1. The Morgan fingerprint density at radius 3 is 2.59 bits per heavy atom. The van der Waals surface area contributed by atoms with Crippen LogP contribution in [0.2, 0.25) is 4.34 Å². The lowest BCUT2D eigenvalue weighted by Crippen LogP contribution is -2.42. The van der Waals surface area contributed by atoms with E-state index in [1.807, 2.05) is 39.8 Å². The molecule has 0 aliphatic heterocycles. The van der Waals surface area contributed by atoms with Crippen molar-refractivity contribution in [2.45, 2.75) is 39.3 Å². The molecule has 1 heterocycles. The predicted molar refractivity (Wildman–Crippen MR) is 70.2 cm³/mol. The van der Waals surface area contributed by atoms with E-state index < -0.39 is 11.7 Å². The minimum atomic E-state index is -0.499. The summed E-state index contributed by atoms with van der Waals surface area (Å²) in [4.78, 5) is 12.4. The minimum Gasteiger partial charge on any atom is -0.443 e. The molecule has 0 saturated carbocycles. The Kier molecular flexibility index (Phi) is 4.80. The van der Waals surface area contributed by atoms with Crippen molar-refractivity contribution in [2.75, 3.05) is 0 Å². The Hall–Kier alpha value is -0.780. The fourth-order valence-electron chi connectivity index (χ4n) is 1.10. The standard InChI is InChI=1S/C11H17ClN2O2S/c1-7(8-5-6-9(12)17-8)13-14-10(15)16-11(2,3)4/h5-7,13H,1-4H3,(H,14,15). The molecule has 1 aromatic heterocycles. The van der Waals surface area contributed by atoms with Crippen LogP contribution in [0.5, 0.6) is 0 Å². The number of hydrogen-bond acceptors (Lipinski definition) is 4. The number of thiophene rings is 1. The lowest BCUT2D eigenvalue weighted by molar-refractivity contribution is 0.0490. The Bertz CT molecular complexity index is 387. The van der Waals surface area contributed by atoms with Gasteiger partial charge in [0.15, 0.2) is 0 Å². The fourth-order valence-corrected chi connectivity index (χ4v) is 2.17. The van der Waals surface area contributed by atoms with Crippen LogP contribution in [0.3, 0.4) is 0 Å². The van der Waals surface area contributed by atoms with E-state index in [2.05, 4.69) is 10.9 Å². The summed E-state index contributed by atoms with van der Waals surface area (Å²) < 4.78 is 5.82. The number of nitrogens with one attached hydrogen (secondary N) is 2. The summed E-state index contributed by atoms with van der Waals surface area (Å²) in [6.45, 7) is 7.37. The van der Waals surface area contributed by atoms with Crippen LogP contribution in [0.4, 0.5) is 4.79 Å². The molecule has 4 nitrogen and oxygen atoms in total. The van der Waals surface area contributed by atoms with Crippen LogP contribution >= 0.6 is 22.9 Å². The van der Waals surface area contributed by atoms with Gasteiger partial charge in [-0.3, -0.25) is 5.43 Å².